The first kappa shape index (κ1) is 16.0. The third-order valence-corrected chi connectivity index (χ3v) is 4.77. The number of hydrogen-bond acceptors (Lipinski definition) is 4. The number of hydrogen-bond donors (Lipinski definition) is 1. The van der Waals surface area contributed by atoms with Gasteiger partial charge in [0.25, 0.3) is 0 Å². The van der Waals surface area contributed by atoms with Crippen LogP contribution >= 0.6 is 23.1 Å². The maximum atomic E-state index is 11.9. The third kappa shape index (κ3) is 5.17. The van der Waals surface area contributed by atoms with Gasteiger partial charge in [0.15, 0.2) is 5.13 Å². The number of carbonyl (C=O) groups excluding carboxylic acids is 1. The highest BCUT2D eigenvalue weighted by Crippen LogP contribution is 2.22. The molecule has 0 aliphatic carbocycles. The molecule has 1 aromatic carbocycles. The van der Waals surface area contributed by atoms with E-state index in [0.717, 1.165) is 11.4 Å². The monoisotopic (exact) mass is 320 g/mol. The van der Waals surface area contributed by atoms with Gasteiger partial charge in [0, 0.05) is 22.4 Å². The Morgan fingerprint density at radius 3 is 2.67 bits per heavy atom. The van der Waals surface area contributed by atoms with Crippen LogP contribution in [0.4, 0.5) is 5.13 Å². The fourth-order valence-corrected chi connectivity index (χ4v) is 3.43. The number of aromatic nitrogens is 1. The molecule has 0 spiro atoms. The van der Waals surface area contributed by atoms with E-state index < -0.39 is 0 Å². The molecule has 1 heterocycles. The molecule has 0 atom stereocenters. The van der Waals surface area contributed by atoms with Gasteiger partial charge in [-0.2, -0.15) is 0 Å². The van der Waals surface area contributed by atoms with Gasteiger partial charge in [-0.05, 0) is 25.0 Å². The van der Waals surface area contributed by atoms with E-state index in [4.69, 9.17) is 0 Å². The average Bonchev–Trinajstić information content (AvgIpc) is 2.90. The van der Waals surface area contributed by atoms with Gasteiger partial charge in [0.2, 0.25) is 5.91 Å². The summed E-state index contributed by atoms with van der Waals surface area (Å²) in [5, 5.41) is 5.57. The normalized spacial score (nSPS) is 10.9. The number of amides is 1. The summed E-state index contributed by atoms with van der Waals surface area (Å²) in [6.45, 7) is 6.26. The van der Waals surface area contributed by atoms with Gasteiger partial charge >= 0.3 is 0 Å². The Labute approximate surface area is 134 Å². The van der Waals surface area contributed by atoms with Gasteiger partial charge < -0.3 is 5.32 Å². The van der Waals surface area contributed by atoms with Crippen molar-refractivity contribution in [3.63, 3.8) is 0 Å². The highest BCUT2D eigenvalue weighted by atomic mass is 32.2. The van der Waals surface area contributed by atoms with Crippen molar-refractivity contribution in [3.8, 4) is 0 Å². The molecule has 0 fully saturated rings. The Hall–Kier alpha value is -1.33. The predicted octanol–water partition coefficient (Wildman–Crippen LogP) is 4.70. The average molecular weight is 320 g/mol. The second-order valence-corrected chi connectivity index (χ2v) is 7.22. The van der Waals surface area contributed by atoms with Crippen LogP contribution in [0.15, 0.2) is 34.5 Å². The molecule has 112 valence electrons. The number of thioether (sulfide) groups is 1. The topological polar surface area (TPSA) is 42.0 Å². The zero-order valence-electron chi connectivity index (χ0n) is 12.6. The molecular weight excluding hydrogens is 300 g/mol. The molecule has 0 unspecified atom stereocenters. The molecule has 0 aliphatic heterocycles. The third-order valence-electron chi connectivity index (χ3n) is 2.98. The SMILES string of the molecule is Cc1ccc(SCCC(=O)Nc2nc(C(C)C)cs2)cc1. The fraction of sp³-hybridized carbons (Fsp3) is 0.375. The maximum Gasteiger partial charge on any atom is 0.226 e. The Kier molecular flexibility index (Phi) is 5.82. The number of benzene rings is 1. The summed E-state index contributed by atoms with van der Waals surface area (Å²) in [5.41, 5.74) is 2.28. The fourth-order valence-electron chi connectivity index (χ4n) is 1.69. The lowest BCUT2D eigenvalue weighted by molar-refractivity contribution is -0.115. The molecule has 2 rings (SSSR count). The molecule has 2 aromatic rings. The molecule has 1 amide bonds. The molecule has 3 nitrogen and oxygen atoms in total. The summed E-state index contributed by atoms with van der Waals surface area (Å²) >= 11 is 3.19. The van der Waals surface area contributed by atoms with E-state index in [-0.39, 0.29) is 5.91 Å². The standard InChI is InChI=1S/C16H20N2OS2/c1-11(2)14-10-21-16(17-14)18-15(19)8-9-20-13-6-4-12(3)5-7-13/h4-7,10-11H,8-9H2,1-3H3,(H,17,18,19). The minimum atomic E-state index is 0.0271. The maximum absolute atomic E-state index is 11.9. The smallest absolute Gasteiger partial charge is 0.226 e. The van der Waals surface area contributed by atoms with Crippen LogP contribution < -0.4 is 5.32 Å². The molecule has 0 aliphatic rings. The Morgan fingerprint density at radius 2 is 2.05 bits per heavy atom. The number of nitrogens with one attached hydrogen (secondary N) is 1. The van der Waals surface area contributed by atoms with E-state index >= 15 is 0 Å². The lowest BCUT2D eigenvalue weighted by Gasteiger charge is -2.03. The molecule has 1 aromatic heterocycles. The van der Waals surface area contributed by atoms with E-state index in [1.807, 2.05) is 5.38 Å². The first-order valence-corrected chi connectivity index (χ1v) is 8.86. The predicted molar refractivity (Wildman–Crippen MR) is 91.4 cm³/mol. The lowest BCUT2D eigenvalue weighted by atomic mass is 10.2. The zero-order valence-corrected chi connectivity index (χ0v) is 14.2. The molecule has 21 heavy (non-hydrogen) atoms. The number of aryl methyl sites for hydroxylation is 1. The number of rotatable bonds is 6. The first-order chi connectivity index (χ1) is 10.0. The second-order valence-electron chi connectivity index (χ2n) is 5.19. The van der Waals surface area contributed by atoms with E-state index in [9.17, 15) is 4.79 Å². The molecular formula is C16H20N2OS2. The number of thiazole rings is 1. The van der Waals surface area contributed by atoms with Crippen molar-refractivity contribution < 1.29 is 4.79 Å². The summed E-state index contributed by atoms with van der Waals surface area (Å²) in [6.07, 6.45) is 0.495. The largest absolute Gasteiger partial charge is 0.302 e. The van der Waals surface area contributed by atoms with Gasteiger partial charge in [0.1, 0.15) is 0 Å². The quantitative estimate of drug-likeness (QED) is 0.785. The van der Waals surface area contributed by atoms with Crippen LogP contribution in [-0.2, 0) is 4.79 Å². The summed E-state index contributed by atoms with van der Waals surface area (Å²) < 4.78 is 0. The van der Waals surface area contributed by atoms with Gasteiger partial charge in [-0.15, -0.1) is 23.1 Å². The number of nitrogens with zero attached hydrogens (tertiary/aromatic N) is 1. The molecule has 1 N–H and O–H groups in total. The Bertz CT molecular complexity index is 591. The molecule has 0 saturated carbocycles. The summed E-state index contributed by atoms with van der Waals surface area (Å²) in [6, 6.07) is 8.36. The van der Waals surface area contributed by atoms with Crippen LogP contribution in [0.3, 0.4) is 0 Å². The summed E-state index contributed by atoms with van der Waals surface area (Å²) in [5.74, 6) is 1.19. The lowest BCUT2D eigenvalue weighted by Crippen LogP contribution is -2.12. The van der Waals surface area contributed by atoms with Crippen LogP contribution in [-0.4, -0.2) is 16.6 Å². The number of carbonyl (C=O) groups is 1. The van der Waals surface area contributed by atoms with E-state index in [0.29, 0.717) is 17.5 Å². The first-order valence-electron chi connectivity index (χ1n) is 6.99. The van der Waals surface area contributed by atoms with Crippen molar-refractivity contribution >= 4 is 34.1 Å². The highest BCUT2D eigenvalue weighted by Gasteiger charge is 2.08. The van der Waals surface area contributed by atoms with Gasteiger partial charge in [-0.1, -0.05) is 31.5 Å². The summed E-state index contributed by atoms with van der Waals surface area (Å²) in [4.78, 5) is 17.5. The van der Waals surface area contributed by atoms with Crippen molar-refractivity contribution in [2.45, 2.75) is 38.0 Å². The summed E-state index contributed by atoms with van der Waals surface area (Å²) in [7, 11) is 0. The Morgan fingerprint density at radius 1 is 1.33 bits per heavy atom. The van der Waals surface area contributed by atoms with Crippen molar-refractivity contribution in [1.29, 1.82) is 0 Å². The molecule has 5 heteroatoms. The van der Waals surface area contributed by atoms with Crippen LogP contribution in [0, 0.1) is 6.92 Å². The van der Waals surface area contributed by atoms with E-state index in [1.54, 1.807) is 11.8 Å². The van der Waals surface area contributed by atoms with Gasteiger partial charge in [0.05, 0.1) is 5.69 Å². The van der Waals surface area contributed by atoms with Gasteiger partial charge in [-0.25, -0.2) is 4.98 Å². The number of anilines is 1. The van der Waals surface area contributed by atoms with E-state index in [1.165, 1.54) is 21.8 Å². The van der Waals surface area contributed by atoms with Crippen LogP contribution in [0.1, 0.15) is 37.4 Å². The van der Waals surface area contributed by atoms with Gasteiger partial charge in [-0.3, -0.25) is 4.79 Å². The molecule has 0 radical (unpaired) electrons. The Balaban J connectivity index is 1.75. The van der Waals surface area contributed by atoms with Crippen LogP contribution in [0.25, 0.3) is 0 Å². The van der Waals surface area contributed by atoms with E-state index in [2.05, 4.69) is 55.3 Å². The minimum Gasteiger partial charge on any atom is -0.302 e. The van der Waals surface area contributed by atoms with Crippen molar-refractivity contribution in [1.82, 2.24) is 4.98 Å². The zero-order chi connectivity index (χ0) is 15.2. The molecule has 0 bridgehead atoms. The molecule has 0 saturated heterocycles. The van der Waals surface area contributed by atoms with Crippen LogP contribution in [0.5, 0.6) is 0 Å². The van der Waals surface area contributed by atoms with Crippen molar-refractivity contribution in [2.24, 2.45) is 0 Å². The second kappa shape index (κ2) is 7.61. The van der Waals surface area contributed by atoms with Crippen molar-refractivity contribution in [2.75, 3.05) is 11.1 Å². The van der Waals surface area contributed by atoms with Crippen LogP contribution in [0.2, 0.25) is 0 Å². The minimum absolute atomic E-state index is 0.0271. The highest BCUT2D eigenvalue weighted by molar-refractivity contribution is 7.99. The van der Waals surface area contributed by atoms with Crippen molar-refractivity contribution in [3.05, 3.63) is 40.9 Å².